The fourth-order valence-electron chi connectivity index (χ4n) is 2.04. The zero-order valence-corrected chi connectivity index (χ0v) is 15.0. The van der Waals surface area contributed by atoms with Crippen LogP contribution in [0.3, 0.4) is 0 Å². The predicted molar refractivity (Wildman–Crippen MR) is 92.6 cm³/mol. The third kappa shape index (κ3) is 6.06. The first-order valence-electron chi connectivity index (χ1n) is 7.42. The van der Waals surface area contributed by atoms with Gasteiger partial charge in [0.1, 0.15) is 0 Å². The minimum Gasteiger partial charge on any atom is -0.362 e. The van der Waals surface area contributed by atoms with Crippen LogP contribution in [0.5, 0.6) is 0 Å². The van der Waals surface area contributed by atoms with Crippen LogP contribution in [0.2, 0.25) is 0 Å². The molecule has 21 heavy (non-hydrogen) atoms. The van der Waals surface area contributed by atoms with E-state index in [4.69, 9.17) is 0 Å². The summed E-state index contributed by atoms with van der Waals surface area (Å²) < 4.78 is 1.03. The van der Waals surface area contributed by atoms with Crippen LogP contribution in [-0.2, 0) is 11.3 Å². The number of nitrogens with one attached hydrogen (secondary N) is 2. The van der Waals surface area contributed by atoms with Gasteiger partial charge in [0.2, 0.25) is 5.91 Å². The van der Waals surface area contributed by atoms with Crippen LogP contribution in [0.1, 0.15) is 26.3 Å². The Hall–Kier alpha value is -1.07. The molecule has 0 unspecified atom stereocenters. The lowest BCUT2D eigenvalue weighted by atomic mass is 10.1. The van der Waals surface area contributed by atoms with Crippen molar-refractivity contribution in [1.29, 1.82) is 0 Å². The molecule has 0 aliphatic heterocycles. The van der Waals surface area contributed by atoms with Crippen molar-refractivity contribution in [3.8, 4) is 0 Å². The average molecular weight is 356 g/mol. The van der Waals surface area contributed by atoms with Crippen molar-refractivity contribution in [3.05, 3.63) is 28.2 Å². The molecule has 0 bridgehead atoms. The van der Waals surface area contributed by atoms with Crippen LogP contribution in [0, 0.1) is 5.92 Å². The van der Waals surface area contributed by atoms with Crippen LogP contribution in [0.4, 0.5) is 5.69 Å². The Morgan fingerprint density at radius 3 is 2.62 bits per heavy atom. The molecule has 5 heteroatoms. The molecule has 0 aliphatic rings. The molecule has 0 fully saturated rings. The van der Waals surface area contributed by atoms with Gasteiger partial charge >= 0.3 is 0 Å². The van der Waals surface area contributed by atoms with E-state index in [-0.39, 0.29) is 5.91 Å². The molecule has 0 radical (unpaired) electrons. The largest absolute Gasteiger partial charge is 0.362 e. The number of carbonyl (C=O) groups is 1. The molecule has 0 saturated heterocycles. The van der Waals surface area contributed by atoms with Gasteiger partial charge in [-0.25, -0.2) is 0 Å². The SMILES string of the molecule is CCN(CC(=O)NC)c1ccc(CNCC(C)C)cc1Br. The van der Waals surface area contributed by atoms with Crippen molar-refractivity contribution < 1.29 is 4.79 Å². The Bertz CT molecular complexity index is 463. The summed E-state index contributed by atoms with van der Waals surface area (Å²) in [5.74, 6) is 0.669. The zero-order chi connectivity index (χ0) is 15.8. The summed E-state index contributed by atoms with van der Waals surface area (Å²) in [6.45, 7) is 9.48. The third-order valence-corrected chi connectivity index (χ3v) is 3.86. The summed E-state index contributed by atoms with van der Waals surface area (Å²) in [5, 5.41) is 6.10. The van der Waals surface area contributed by atoms with Crippen molar-refractivity contribution in [1.82, 2.24) is 10.6 Å². The highest BCUT2D eigenvalue weighted by atomic mass is 79.9. The molecule has 0 spiro atoms. The summed E-state index contributed by atoms with van der Waals surface area (Å²) in [6, 6.07) is 6.30. The van der Waals surface area contributed by atoms with Crippen LogP contribution in [0.15, 0.2) is 22.7 Å². The van der Waals surface area contributed by atoms with Crippen LogP contribution >= 0.6 is 15.9 Å². The summed E-state index contributed by atoms with van der Waals surface area (Å²) in [7, 11) is 1.66. The molecule has 0 heterocycles. The summed E-state index contributed by atoms with van der Waals surface area (Å²) >= 11 is 3.62. The molecule has 0 saturated carbocycles. The molecular weight excluding hydrogens is 330 g/mol. The Balaban J connectivity index is 2.73. The maximum Gasteiger partial charge on any atom is 0.239 e. The topological polar surface area (TPSA) is 44.4 Å². The van der Waals surface area contributed by atoms with E-state index in [1.165, 1.54) is 5.56 Å². The molecule has 1 aromatic carbocycles. The Labute approximate surface area is 136 Å². The van der Waals surface area contributed by atoms with Crippen molar-refractivity contribution in [2.24, 2.45) is 5.92 Å². The van der Waals surface area contributed by atoms with Gasteiger partial charge in [-0.2, -0.15) is 0 Å². The van der Waals surface area contributed by atoms with Crippen LogP contribution < -0.4 is 15.5 Å². The molecule has 2 N–H and O–H groups in total. The number of anilines is 1. The molecule has 0 atom stereocenters. The molecule has 0 aromatic heterocycles. The number of nitrogens with zero attached hydrogens (tertiary/aromatic N) is 1. The minimum atomic E-state index is 0.0198. The molecule has 0 aliphatic carbocycles. The number of benzene rings is 1. The number of hydrogen-bond donors (Lipinski definition) is 2. The monoisotopic (exact) mass is 355 g/mol. The van der Waals surface area contributed by atoms with E-state index in [2.05, 4.69) is 58.6 Å². The van der Waals surface area contributed by atoms with E-state index in [9.17, 15) is 4.79 Å². The first-order valence-corrected chi connectivity index (χ1v) is 8.21. The van der Waals surface area contributed by atoms with Crippen LogP contribution in [-0.4, -0.2) is 32.6 Å². The van der Waals surface area contributed by atoms with Crippen LogP contribution in [0.25, 0.3) is 0 Å². The standard InChI is InChI=1S/C16H26BrN3O/c1-5-20(11-16(21)18-4)15-7-6-13(8-14(15)17)10-19-9-12(2)3/h6-8,12,19H,5,9-11H2,1-4H3,(H,18,21). The number of amides is 1. The molecular formula is C16H26BrN3O. The predicted octanol–water partition coefficient (Wildman–Crippen LogP) is 2.77. The number of rotatable bonds is 8. The number of hydrogen-bond acceptors (Lipinski definition) is 3. The first kappa shape index (κ1) is 18.0. The van der Waals surface area contributed by atoms with E-state index in [1.54, 1.807) is 7.05 Å². The summed E-state index contributed by atoms with van der Waals surface area (Å²) in [4.78, 5) is 13.6. The fraction of sp³-hybridized carbons (Fsp3) is 0.562. The average Bonchev–Trinajstić information content (AvgIpc) is 2.44. The highest BCUT2D eigenvalue weighted by Crippen LogP contribution is 2.27. The van der Waals surface area contributed by atoms with E-state index in [1.807, 2.05) is 11.8 Å². The molecule has 1 amide bonds. The smallest absolute Gasteiger partial charge is 0.239 e. The van der Waals surface area contributed by atoms with E-state index in [0.717, 1.165) is 29.8 Å². The maximum atomic E-state index is 11.6. The van der Waals surface area contributed by atoms with E-state index >= 15 is 0 Å². The van der Waals surface area contributed by atoms with E-state index < -0.39 is 0 Å². The highest BCUT2D eigenvalue weighted by molar-refractivity contribution is 9.10. The van der Waals surface area contributed by atoms with Gasteiger partial charge < -0.3 is 15.5 Å². The summed E-state index contributed by atoms with van der Waals surface area (Å²) in [6.07, 6.45) is 0. The first-order chi connectivity index (χ1) is 9.97. The zero-order valence-electron chi connectivity index (χ0n) is 13.4. The highest BCUT2D eigenvalue weighted by Gasteiger charge is 2.12. The normalized spacial score (nSPS) is 10.8. The van der Waals surface area contributed by atoms with Crippen molar-refractivity contribution >= 4 is 27.5 Å². The van der Waals surface area contributed by atoms with Gasteiger partial charge in [0.05, 0.1) is 12.2 Å². The molecule has 118 valence electrons. The molecule has 1 rings (SSSR count). The molecule has 1 aromatic rings. The van der Waals surface area contributed by atoms with Gasteiger partial charge in [0.25, 0.3) is 0 Å². The Morgan fingerprint density at radius 1 is 1.38 bits per heavy atom. The van der Waals surface area contributed by atoms with Crippen molar-refractivity contribution in [2.45, 2.75) is 27.3 Å². The van der Waals surface area contributed by atoms with Crippen molar-refractivity contribution in [2.75, 3.05) is 31.6 Å². The molecule has 4 nitrogen and oxygen atoms in total. The van der Waals surface area contributed by atoms with Gasteiger partial charge in [0.15, 0.2) is 0 Å². The second kappa shape index (κ2) is 9.05. The number of carbonyl (C=O) groups excluding carboxylic acids is 1. The van der Waals surface area contributed by atoms with Gasteiger partial charge in [-0.3, -0.25) is 4.79 Å². The van der Waals surface area contributed by atoms with Gasteiger partial charge in [-0.15, -0.1) is 0 Å². The number of likely N-dealkylation sites (N-methyl/N-ethyl adjacent to an activating group) is 2. The van der Waals surface area contributed by atoms with E-state index in [0.29, 0.717) is 12.5 Å². The maximum absolute atomic E-state index is 11.6. The van der Waals surface area contributed by atoms with Gasteiger partial charge in [-0.05, 0) is 53.0 Å². The Kier molecular flexibility index (Phi) is 7.75. The lowest BCUT2D eigenvalue weighted by Crippen LogP contribution is -2.35. The van der Waals surface area contributed by atoms with Crippen molar-refractivity contribution in [3.63, 3.8) is 0 Å². The summed E-state index contributed by atoms with van der Waals surface area (Å²) in [5.41, 5.74) is 2.29. The second-order valence-corrected chi connectivity index (χ2v) is 6.35. The number of halogens is 1. The third-order valence-electron chi connectivity index (χ3n) is 3.23. The van der Waals surface area contributed by atoms with Gasteiger partial charge in [0, 0.05) is 24.6 Å². The minimum absolute atomic E-state index is 0.0198. The second-order valence-electron chi connectivity index (χ2n) is 5.50. The lowest BCUT2D eigenvalue weighted by Gasteiger charge is -2.24. The quantitative estimate of drug-likeness (QED) is 0.753. The fourth-order valence-corrected chi connectivity index (χ4v) is 2.72. The Morgan fingerprint density at radius 2 is 2.10 bits per heavy atom. The lowest BCUT2D eigenvalue weighted by molar-refractivity contribution is -0.119. The van der Waals surface area contributed by atoms with Gasteiger partial charge in [-0.1, -0.05) is 19.9 Å².